The van der Waals surface area contributed by atoms with Crippen LogP contribution in [0.1, 0.15) is 20.3 Å². The van der Waals surface area contributed by atoms with Crippen LogP contribution in [0.25, 0.3) is 10.2 Å². The highest BCUT2D eigenvalue weighted by Crippen LogP contribution is 2.16. The zero-order valence-corrected chi connectivity index (χ0v) is 12.1. The Balaban J connectivity index is 2.28. The van der Waals surface area contributed by atoms with E-state index in [1.807, 2.05) is 38.1 Å². The third-order valence-corrected chi connectivity index (χ3v) is 4.06. The number of para-hydroxylation sites is 1. The molecule has 0 atom stereocenters. The molecule has 1 aromatic heterocycles. The molecule has 0 aliphatic rings. The molecule has 0 saturated heterocycles. The van der Waals surface area contributed by atoms with Crippen LogP contribution in [-0.2, 0) is 11.3 Å². The normalized spacial score (nSPS) is 10.8. The summed E-state index contributed by atoms with van der Waals surface area (Å²) in [6.07, 6.45) is 0.929. The number of hydrogen-bond donors (Lipinski definition) is 0. The minimum Gasteiger partial charge on any atom is -0.341 e. The van der Waals surface area contributed by atoms with Crippen LogP contribution in [0.2, 0.25) is 0 Å². The van der Waals surface area contributed by atoms with E-state index in [0.717, 1.165) is 23.2 Å². The van der Waals surface area contributed by atoms with Gasteiger partial charge < -0.3 is 4.90 Å². The summed E-state index contributed by atoms with van der Waals surface area (Å²) in [7, 11) is 0. The third-order valence-electron chi connectivity index (χ3n) is 3.10. The summed E-state index contributed by atoms with van der Waals surface area (Å²) in [5, 5.41) is 0. The highest BCUT2D eigenvalue weighted by molar-refractivity contribution is 7.16. The molecule has 0 unspecified atom stereocenters. The summed E-state index contributed by atoms with van der Waals surface area (Å²) in [4.78, 5) is 25.9. The number of nitrogens with zero attached hydrogens (tertiary/aromatic N) is 2. The van der Waals surface area contributed by atoms with Crippen molar-refractivity contribution >= 4 is 27.5 Å². The number of rotatable bonds is 5. The van der Waals surface area contributed by atoms with E-state index in [1.165, 1.54) is 11.3 Å². The summed E-state index contributed by atoms with van der Waals surface area (Å²) in [6.45, 7) is 5.57. The van der Waals surface area contributed by atoms with E-state index in [9.17, 15) is 9.59 Å². The van der Waals surface area contributed by atoms with Crippen LogP contribution in [0.5, 0.6) is 0 Å². The van der Waals surface area contributed by atoms with Crippen molar-refractivity contribution in [2.45, 2.75) is 26.8 Å². The van der Waals surface area contributed by atoms with Gasteiger partial charge in [0.1, 0.15) is 6.54 Å². The number of aromatic nitrogens is 1. The van der Waals surface area contributed by atoms with Gasteiger partial charge in [0.15, 0.2) is 0 Å². The van der Waals surface area contributed by atoms with Gasteiger partial charge in [0.25, 0.3) is 0 Å². The first-order chi connectivity index (χ1) is 9.17. The van der Waals surface area contributed by atoms with Gasteiger partial charge in [-0.15, -0.1) is 0 Å². The van der Waals surface area contributed by atoms with Crippen molar-refractivity contribution in [2.75, 3.05) is 13.1 Å². The van der Waals surface area contributed by atoms with Crippen LogP contribution in [0, 0.1) is 0 Å². The quantitative estimate of drug-likeness (QED) is 0.842. The molecule has 0 aliphatic heterocycles. The predicted octanol–water partition coefficient (Wildman–Crippen LogP) is 2.32. The number of fused-ring (bicyclic) bond motifs is 1. The first-order valence-corrected chi connectivity index (χ1v) is 7.35. The van der Waals surface area contributed by atoms with Crippen LogP contribution >= 0.6 is 11.3 Å². The minimum atomic E-state index is -0.0675. The molecule has 5 heteroatoms. The zero-order valence-electron chi connectivity index (χ0n) is 11.3. The Kier molecular flexibility index (Phi) is 4.37. The molecule has 2 aromatic rings. The summed E-state index contributed by atoms with van der Waals surface area (Å²) >= 11 is 1.19. The largest absolute Gasteiger partial charge is 0.341 e. The number of carbonyl (C=O) groups excluding carboxylic acids is 1. The van der Waals surface area contributed by atoms with Crippen molar-refractivity contribution in [3.63, 3.8) is 0 Å². The maximum atomic E-state index is 12.2. The molecule has 0 bridgehead atoms. The van der Waals surface area contributed by atoms with E-state index in [-0.39, 0.29) is 17.3 Å². The Bertz CT molecular complexity index is 630. The molecule has 0 saturated carbocycles. The van der Waals surface area contributed by atoms with Crippen molar-refractivity contribution in [1.82, 2.24) is 9.47 Å². The molecular weight excluding hydrogens is 260 g/mol. The molecule has 1 amide bonds. The van der Waals surface area contributed by atoms with Gasteiger partial charge in [-0.1, -0.05) is 30.4 Å². The number of amides is 1. The molecule has 1 aromatic carbocycles. The number of likely N-dealkylation sites (N-methyl/N-ethyl adjacent to an activating group) is 1. The molecule has 0 N–H and O–H groups in total. The van der Waals surface area contributed by atoms with E-state index in [2.05, 4.69) is 0 Å². The first kappa shape index (κ1) is 13.8. The van der Waals surface area contributed by atoms with Crippen LogP contribution in [0.4, 0.5) is 0 Å². The second-order valence-electron chi connectivity index (χ2n) is 4.40. The van der Waals surface area contributed by atoms with E-state index < -0.39 is 0 Å². The average Bonchev–Trinajstić information content (AvgIpc) is 2.72. The fourth-order valence-electron chi connectivity index (χ4n) is 2.13. The van der Waals surface area contributed by atoms with E-state index in [4.69, 9.17) is 0 Å². The Labute approximate surface area is 116 Å². The summed E-state index contributed by atoms with van der Waals surface area (Å²) in [6, 6.07) is 7.58. The number of carbonyl (C=O) groups is 1. The molecule has 19 heavy (non-hydrogen) atoms. The molecule has 0 fully saturated rings. The summed E-state index contributed by atoms with van der Waals surface area (Å²) in [5.74, 6) is 0.00926. The second-order valence-corrected chi connectivity index (χ2v) is 5.39. The lowest BCUT2D eigenvalue weighted by Gasteiger charge is -2.20. The zero-order chi connectivity index (χ0) is 13.8. The molecule has 0 radical (unpaired) electrons. The van der Waals surface area contributed by atoms with Gasteiger partial charge in [0.2, 0.25) is 5.91 Å². The highest BCUT2D eigenvalue weighted by Gasteiger charge is 2.15. The second kappa shape index (κ2) is 6.02. The molecule has 1 heterocycles. The Hall–Kier alpha value is -1.62. The SMILES string of the molecule is CCCN(CC)C(=O)Cn1c(=O)sc2ccccc21. The Morgan fingerprint density at radius 2 is 2.05 bits per heavy atom. The van der Waals surface area contributed by atoms with Crippen LogP contribution in [0.3, 0.4) is 0 Å². The fraction of sp³-hybridized carbons (Fsp3) is 0.429. The van der Waals surface area contributed by atoms with Crippen molar-refractivity contribution in [2.24, 2.45) is 0 Å². The first-order valence-electron chi connectivity index (χ1n) is 6.53. The van der Waals surface area contributed by atoms with Crippen LogP contribution < -0.4 is 4.87 Å². The Morgan fingerprint density at radius 3 is 2.74 bits per heavy atom. The monoisotopic (exact) mass is 278 g/mol. The number of thiazole rings is 1. The van der Waals surface area contributed by atoms with Gasteiger partial charge in [-0.2, -0.15) is 0 Å². The molecular formula is C14H18N2O2S. The maximum Gasteiger partial charge on any atom is 0.308 e. The predicted molar refractivity (Wildman–Crippen MR) is 78.6 cm³/mol. The fourth-order valence-corrected chi connectivity index (χ4v) is 3.02. The lowest BCUT2D eigenvalue weighted by molar-refractivity contribution is -0.131. The van der Waals surface area contributed by atoms with Crippen molar-refractivity contribution in [3.8, 4) is 0 Å². The van der Waals surface area contributed by atoms with E-state index >= 15 is 0 Å². The van der Waals surface area contributed by atoms with E-state index in [0.29, 0.717) is 6.54 Å². The number of benzene rings is 1. The number of hydrogen-bond acceptors (Lipinski definition) is 3. The average molecular weight is 278 g/mol. The highest BCUT2D eigenvalue weighted by atomic mass is 32.1. The smallest absolute Gasteiger partial charge is 0.308 e. The lowest BCUT2D eigenvalue weighted by Crippen LogP contribution is -2.35. The maximum absolute atomic E-state index is 12.2. The van der Waals surface area contributed by atoms with Crippen molar-refractivity contribution < 1.29 is 4.79 Å². The van der Waals surface area contributed by atoms with Gasteiger partial charge in [-0.3, -0.25) is 14.2 Å². The van der Waals surface area contributed by atoms with Gasteiger partial charge in [-0.05, 0) is 25.5 Å². The molecule has 0 spiro atoms. The van der Waals surface area contributed by atoms with E-state index in [1.54, 1.807) is 9.47 Å². The topological polar surface area (TPSA) is 42.3 Å². The van der Waals surface area contributed by atoms with Gasteiger partial charge in [0, 0.05) is 13.1 Å². The Morgan fingerprint density at radius 1 is 1.32 bits per heavy atom. The van der Waals surface area contributed by atoms with Gasteiger partial charge in [0.05, 0.1) is 10.2 Å². The van der Waals surface area contributed by atoms with Crippen LogP contribution in [0.15, 0.2) is 29.1 Å². The van der Waals surface area contributed by atoms with Crippen molar-refractivity contribution in [3.05, 3.63) is 33.9 Å². The van der Waals surface area contributed by atoms with Gasteiger partial charge >= 0.3 is 4.87 Å². The molecule has 4 nitrogen and oxygen atoms in total. The molecule has 102 valence electrons. The molecule has 2 rings (SSSR count). The van der Waals surface area contributed by atoms with Crippen LogP contribution in [-0.4, -0.2) is 28.5 Å². The molecule has 0 aliphatic carbocycles. The standard InChI is InChI=1S/C14H18N2O2S/c1-3-9-15(4-2)13(17)10-16-11-7-5-6-8-12(11)19-14(16)18/h5-8H,3-4,9-10H2,1-2H3. The van der Waals surface area contributed by atoms with Gasteiger partial charge in [-0.25, -0.2) is 0 Å². The summed E-state index contributed by atoms with van der Waals surface area (Å²) < 4.78 is 2.50. The minimum absolute atomic E-state index is 0.00926. The lowest BCUT2D eigenvalue weighted by atomic mass is 10.3. The third kappa shape index (κ3) is 2.87. The van der Waals surface area contributed by atoms with Crippen molar-refractivity contribution in [1.29, 1.82) is 0 Å². The summed E-state index contributed by atoms with van der Waals surface area (Å²) in [5.41, 5.74) is 0.846.